The largest absolute Gasteiger partial charge is 0.468 e. The predicted molar refractivity (Wildman–Crippen MR) is 81.6 cm³/mol. The SMILES string of the molecule is CCC1CN(C)CCCN1CCCC(C)(N)C(=O)OC. The number of carbonyl (C=O) groups is 1. The Balaban J connectivity index is 2.45. The third-order valence-corrected chi connectivity index (χ3v) is 4.29. The summed E-state index contributed by atoms with van der Waals surface area (Å²) in [4.78, 5) is 16.5. The lowest BCUT2D eigenvalue weighted by Crippen LogP contribution is -2.47. The normalized spacial score (nSPS) is 24.9. The van der Waals surface area contributed by atoms with Gasteiger partial charge in [0, 0.05) is 12.6 Å². The van der Waals surface area contributed by atoms with Crippen molar-refractivity contribution < 1.29 is 9.53 Å². The maximum atomic E-state index is 11.6. The van der Waals surface area contributed by atoms with Crippen LogP contribution in [0.4, 0.5) is 0 Å². The van der Waals surface area contributed by atoms with Crippen LogP contribution in [0.15, 0.2) is 0 Å². The lowest BCUT2D eigenvalue weighted by molar-refractivity contribution is -0.146. The molecule has 1 fully saturated rings. The molecule has 5 nitrogen and oxygen atoms in total. The molecule has 0 saturated carbocycles. The zero-order valence-corrected chi connectivity index (χ0v) is 13.5. The second-order valence-electron chi connectivity index (χ2n) is 6.23. The van der Waals surface area contributed by atoms with Crippen molar-refractivity contribution in [2.24, 2.45) is 5.73 Å². The standard InChI is InChI=1S/C15H31N3O2/c1-5-13-12-17(3)9-7-11-18(13)10-6-8-15(2,16)14(19)20-4/h13H,5-12,16H2,1-4H3. The molecule has 1 heterocycles. The Hall–Kier alpha value is -0.650. The molecule has 0 aliphatic carbocycles. The molecule has 20 heavy (non-hydrogen) atoms. The van der Waals surface area contributed by atoms with E-state index in [2.05, 4.69) is 23.8 Å². The van der Waals surface area contributed by atoms with Gasteiger partial charge in [-0.3, -0.25) is 9.69 Å². The predicted octanol–water partition coefficient (Wildman–Crippen LogP) is 1.07. The van der Waals surface area contributed by atoms with E-state index in [1.807, 2.05) is 0 Å². The van der Waals surface area contributed by atoms with Gasteiger partial charge in [-0.15, -0.1) is 0 Å². The minimum atomic E-state index is -0.862. The number of hydrogen-bond acceptors (Lipinski definition) is 5. The first kappa shape index (κ1) is 17.4. The molecular formula is C15H31N3O2. The van der Waals surface area contributed by atoms with Gasteiger partial charge in [0.05, 0.1) is 7.11 Å². The average molecular weight is 285 g/mol. The minimum Gasteiger partial charge on any atom is -0.468 e. The number of ether oxygens (including phenoxy) is 1. The molecule has 0 aromatic carbocycles. The number of carbonyl (C=O) groups excluding carboxylic acids is 1. The molecular weight excluding hydrogens is 254 g/mol. The van der Waals surface area contributed by atoms with Crippen LogP contribution in [0, 0.1) is 0 Å². The van der Waals surface area contributed by atoms with Gasteiger partial charge in [-0.1, -0.05) is 6.92 Å². The van der Waals surface area contributed by atoms with Gasteiger partial charge in [0.2, 0.25) is 0 Å². The summed E-state index contributed by atoms with van der Waals surface area (Å²) < 4.78 is 4.75. The van der Waals surface area contributed by atoms with Gasteiger partial charge in [-0.05, 0) is 59.3 Å². The fraction of sp³-hybridized carbons (Fsp3) is 0.933. The summed E-state index contributed by atoms with van der Waals surface area (Å²) in [5.41, 5.74) is 5.14. The lowest BCUT2D eigenvalue weighted by atomic mass is 9.97. The van der Waals surface area contributed by atoms with Gasteiger partial charge < -0.3 is 15.4 Å². The summed E-state index contributed by atoms with van der Waals surface area (Å²) in [6.45, 7) is 8.46. The molecule has 5 heteroatoms. The maximum absolute atomic E-state index is 11.6. The quantitative estimate of drug-likeness (QED) is 0.740. The Morgan fingerprint density at radius 3 is 2.75 bits per heavy atom. The van der Waals surface area contributed by atoms with Crippen LogP contribution in [0.2, 0.25) is 0 Å². The van der Waals surface area contributed by atoms with Gasteiger partial charge in [0.25, 0.3) is 0 Å². The van der Waals surface area contributed by atoms with Crippen LogP contribution in [0.25, 0.3) is 0 Å². The van der Waals surface area contributed by atoms with Crippen LogP contribution in [0.5, 0.6) is 0 Å². The number of nitrogens with zero attached hydrogens (tertiary/aromatic N) is 2. The second kappa shape index (κ2) is 7.96. The van der Waals surface area contributed by atoms with Gasteiger partial charge in [0.15, 0.2) is 0 Å². The van der Waals surface area contributed by atoms with Crippen LogP contribution < -0.4 is 5.73 Å². The van der Waals surface area contributed by atoms with Crippen molar-refractivity contribution >= 4 is 5.97 Å². The van der Waals surface area contributed by atoms with Crippen molar-refractivity contribution in [1.82, 2.24) is 9.80 Å². The molecule has 0 amide bonds. The number of hydrogen-bond donors (Lipinski definition) is 1. The fourth-order valence-electron chi connectivity index (χ4n) is 2.96. The van der Waals surface area contributed by atoms with E-state index < -0.39 is 5.54 Å². The van der Waals surface area contributed by atoms with E-state index in [-0.39, 0.29) is 5.97 Å². The zero-order valence-electron chi connectivity index (χ0n) is 13.5. The van der Waals surface area contributed by atoms with Crippen LogP contribution in [-0.4, -0.2) is 67.7 Å². The third kappa shape index (κ3) is 5.04. The highest BCUT2D eigenvalue weighted by Gasteiger charge is 2.29. The van der Waals surface area contributed by atoms with Crippen LogP contribution >= 0.6 is 0 Å². The van der Waals surface area contributed by atoms with E-state index >= 15 is 0 Å². The third-order valence-electron chi connectivity index (χ3n) is 4.29. The van der Waals surface area contributed by atoms with Crippen LogP contribution in [0.1, 0.15) is 39.5 Å². The fourth-order valence-corrected chi connectivity index (χ4v) is 2.96. The van der Waals surface area contributed by atoms with E-state index in [0.717, 1.165) is 26.1 Å². The molecule has 2 N–H and O–H groups in total. The lowest BCUT2D eigenvalue weighted by Gasteiger charge is -2.31. The van der Waals surface area contributed by atoms with Crippen LogP contribution in [0.3, 0.4) is 0 Å². The second-order valence-corrected chi connectivity index (χ2v) is 6.23. The molecule has 0 spiro atoms. The van der Waals surface area contributed by atoms with E-state index in [0.29, 0.717) is 12.5 Å². The van der Waals surface area contributed by atoms with E-state index in [4.69, 9.17) is 10.5 Å². The molecule has 0 bridgehead atoms. The highest BCUT2D eigenvalue weighted by Crippen LogP contribution is 2.16. The number of nitrogens with two attached hydrogens (primary N) is 1. The Bertz CT molecular complexity index is 307. The number of esters is 1. The molecule has 1 aliphatic rings. The highest BCUT2D eigenvalue weighted by molar-refractivity contribution is 5.79. The highest BCUT2D eigenvalue weighted by atomic mass is 16.5. The first-order valence-corrected chi connectivity index (χ1v) is 7.70. The topological polar surface area (TPSA) is 58.8 Å². The van der Waals surface area contributed by atoms with E-state index in [9.17, 15) is 4.79 Å². The Kier molecular flexibility index (Phi) is 6.92. The molecule has 2 unspecified atom stereocenters. The van der Waals surface area contributed by atoms with Gasteiger partial charge in [-0.2, -0.15) is 0 Å². The number of rotatable bonds is 6. The molecule has 0 aromatic heterocycles. The first-order chi connectivity index (χ1) is 9.40. The average Bonchev–Trinajstić information content (AvgIpc) is 2.59. The summed E-state index contributed by atoms with van der Waals surface area (Å²) in [6.07, 6.45) is 3.98. The summed E-state index contributed by atoms with van der Waals surface area (Å²) in [5.74, 6) is -0.319. The van der Waals surface area contributed by atoms with Crippen molar-refractivity contribution in [3.05, 3.63) is 0 Å². The number of likely N-dealkylation sites (N-methyl/N-ethyl adjacent to an activating group) is 1. The number of methoxy groups -OCH3 is 1. The van der Waals surface area contributed by atoms with Crippen molar-refractivity contribution in [3.63, 3.8) is 0 Å². The van der Waals surface area contributed by atoms with E-state index in [1.165, 1.54) is 26.5 Å². The van der Waals surface area contributed by atoms with Crippen molar-refractivity contribution in [3.8, 4) is 0 Å². The molecule has 2 atom stereocenters. The van der Waals surface area contributed by atoms with E-state index in [1.54, 1.807) is 6.92 Å². The molecule has 0 aromatic rings. The monoisotopic (exact) mass is 285 g/mol. The smallest absolute Gasteiger partial charge is 0.325 e. The zero-order chi connectivity index (χ0) is 15.2. The van der Waals surface area contributed by atoms with Gasteiger partial charge in [0.1, 0.15) is 5.54 Å². The molecule has 1 rings (SSSR count). The molecule has 1 aliphatic heterocycles. The summed E-state index contributed by atoms with van der Waals surface area (Å²) in [6, 6.07) is 0.615. The van der Waals surface area contributed by atoms with Gasteiger partial charge in [-0.25, -0.2) is 0 Å². The molecule has 1 saturated heterocycles. The van der Waals surface area contributed by atoms with Crippen molar-refractivity contribution in [2.45, 2.75) is 51.1 Å². The molecule has 118 valence electrons. The van der Waals surface area contributed by atoms with Crippen molar-refractivity contribution in [2.75, 3.05) is 40.3 Å². The maximum Gasteiger partial charge on any atom is 0.325 e. The van der Waals surface area contributed by atoms with Gasteiger partial charge >= 0.3 is 5.97 Å². The van der Waals surface area contributed by atoms with Crippen LogP contribution in [-0.2, 0) is 9.53 Å². The summed E-state index contributed by atoms with van der Waals surface area (Å²) in [5, 5.41) is 0. The molecule has 0 radical (unpaired) electrons. The summed E-state index contributed by atoms with van der Waals surface area (Å²) in [7, 11) is 3.59. The summed E-state index contributed by atoms with van der Waals surface area (Å²) >= 11 is 0. The minimum absolute atomic E-state index is 0.319. The van der Waals surface area contributed by atoms with Crippen molar-refractivity contribution in [1.29, 1.82) is 0 Å². The Labute approximate surface area is 123 Å². The Morgan fingerprint density at radius 1 is 1.45 bits per heavy atom. The first-order valence-electron chi connectivity index (χ1n) is 7.70. The Morgan fingerprint density at radius 2 is 2.15 bits per heavy atom.